The number of primary sulfonamides is 1. The Morgan fingerprint density at radius 1 is 1.35 bits per heavy atom. The minimum Gasteiger partial charge on any atom is -0.447 e. The van der Waals surface area contributed by atoms with Gasteiger partial charge < -0.3 is 14.5 Å². The molecule has 9 nitrogen and oxygen atoms in total. The first-order valence-electron chi connectivity index (χ1n) is 6.96. The van der Waals surface area contributed by atoms with E-state index in [1.807, 2.05) is 6.07 Å². The van der Waals surface area contributed by atoms with E-state index in [-0.39, 0.29) is 10.6 Å². The molecule has 3 N–H and O–H groups in total. The number of carbonyl (C=O) groups excluding carboxylic acids is 2. The predicted octanol–water partition coefficient (Wildman–Crippen LogP) is 1.64. The molecule has 1 unspecified atom stereocenters. The standard InChI is InChI=1S/C15H12ClN3O6S/c1-8(14(20)19-10-3-2-9(7-17)11(16)6-10)24-15(21)12-4-5-13(25-12)26(18,22)23/h2-6,8H,1H3,(H,19,20)(H2,18,22,23). The highest BCUT2D eigenvalue weighted by molar-refractivity contribution is 7.89. The number of hydrogen-bond donors (Lipinski definition) is 2. The molecule has 0 aliphatic carbocycles. The summed E-state index contributed by atoms with van der Waals surface area (Å²) in [6.07, 6.45) is -1.22. The first-order chi connectivity index (χ1) is 12.1. The molecule has 0 saturated carbocycles. The van der Waals surface area contributed by atoms with Crippen LogP contribution in [-0.2, 0) is 19.6 Å². The number of rotatable bonds is 5. The number of nitrogens with zero attached hydrogens (tertiary/aromatic N) is 1. The minimum atomic E-state index is -4.10. The van der Waals surface area contributed by atoms with E-state index in [0.29, 0.717) is 5.69 Å². The Morgan fingerprint density at radius 3 is 2.58 bits per heavy atom. The molecule has 1 atom stereocenters. The lowest BCUT2D eigenvalue weighted by Gasteiger charge is -2.13. The summed E-state index contributed by atoms with van der Waals surface area (Å²) in [5, 5.41) is 15.7. The molecule has 0 saturated heterocycles. The van der Waals surface area contributed by atoms with Crippen LogP contribution in [0.1, 0.15) is 23.0 Å². The molecule has 2 rings (SSSR count). The van der Waals surface area contributed by atoms with Crippen LogP contribution in [0.2, 0.25) is 5.02 Å². The average molecular weight is 398 g/mol. The van der Waals surface area contributed by atoms with Gasteiger partial charge in [-0.3, -0.25) is 4.79 Å². The Labute approximate surface area is 153 Å². The van der Waals surface area contributed by atoms with Crippen molar-refractivity contribution >= 4 is 39.2 Å². The van der Waals surface area contributed by atoms with E-state index >= 15 is 0 Å². The van der Waals surface area contributed by atoms with E-state index in [4.69, 9.17) is 31.2 Å². The second-order valence-electron chi connectivity index (χ2n) is 5.01. The van der Waals surface area contributed by atoms with E-state index in [1.54, 1.807) is 0 Å². The monoisotopic (exact) mass is 397 g/mol. The van der Waals surface area contributed by atoms with Gasteiger partial charge >= 0.3 is 5.97 Å². The molecule has 1 aromatic carbocycles. The fraction of sp³-hybridized carbons (Fsp3) is 0.133. The number of halogens is 1. The lowest BCUT2D eigenvalue weighted by atomic mass is 10.2. The van der Waals surface area contributed by atoms with Crippen LogP contribution in [0.25, 0.3) is 0 Å². The number of furan rings is 1. The number of sulfonamides is 1. The number of nitriles is 1. The highest BCUT2D eigenvalue weighted by atomic mass is 35.5. The maximum Gasteiger partial charge on any atom is 0.375 e. The molecule has 0 radical (unpaired) electrons. The molecule has 136 valence electrons. The summed E-state index contributed by atoms with van der Waals surface area (Å²) in [5.74, 6) is -2.13. The first-order valence-corrected chi connectivity index (χ1v) is 8.88. The molecule has 0 aliphatic rings. The Kier molecular flexibility index (Phi) is 5.66. The van der Waals surface area contributed by atoms with Crippen LogP contribution < -0.4 is 10.5 Å². The SMILES string of the molecule is CC(OC(=O)c1ccc(S(N)(=O)=O)o1)C(=O)Nc1ccc(C#N)c(Cl)c1. The Hall–Kier alpha value is -2.87. The molecule has 1 heterocycles. The summed E-state index contributed by atoms with van der Waals surface area (Å²) >= 11 is 5.87. The number of nitrogens with two attached hydrogens (primary N) is 1. The normalized spacial score (nSPS) is 12.1. The van der Waals surface area contributed by atoms with Crippen molar-refractivity contribution in [1.29, 1.82) is 5.26 Å². The van der Waals surface area contributed by atoms with Gasteiger partial charge in [-0.25, -0.2) is 18.4 Å². The van der Waals surface area contributed by atoms with Crippen molar-refractivity contribution in [1.82, 2.24) is 0 Å². The van der Waals surface area contributed by atoms with Crippen LogP contribution >= 0.6 is 11.6 Å². The van der Waals surface area contributed by atoms with Gasteiger partial charge in [-0.1, -0.05) is 11.6 Å². The fourth-order valence-corrected chi connectivity index (χ4v) is 2.47. The lowest BCUT2D eigenvalue weighted by molar-refractivity contribution is -0.123. The van der Waals surface area contributed by atoms with Gasteiger partial charge in [0.05, 0.1) is 10.6 Å². The Balaban J connectivity index is 2.02. The molecule has 0 aliphatic heterocycles. The van der Waals surface area contributed by atoms with Crippen molar-refractivity contribution in [2.75, 3.05) is 5.32 Å². The summed E-state index contributed by atoms with van der Waals surface area (Å²) in [6.45, 7) is 1.31. The van der Waals surface area contributed by atoms with Crippen molar-refractivity contribution in [2.24, 2.45) is 5.14 Å². The first kappa shape index (κ1) is 19.5. The zero-order valence-corrected chi connectivity index (χ0v) is 14.8. The molecule has 0 fully saturated rings. The van der Waals surface area contributed by atoms with Crippen LogP contribution in [0.4, 0.5) is 5.69 Å². The minimum absolute atomic E-state index is 0.154. The van der Waals surface area contributed by atoms with Gasteiger partial charge in [0.2, 0.25) is 10.9 Å². The predicted molar refractivity (Wildman–Crippen MR) is 89.8 cm³/mol. The van der Waals surface area contributed by atoms with Crippen LogP contribution in [0, 0.1) is 11.3 Å². The van der Waals surface area contributed by atoms with Gasteiger partial charge in [0, 0.05) is 5.69 Å². The number of hydrogen-bond acceptors (Lipinski definition) is 7. The number of carbonyl (C=O) groups is 2. The number of amides is 1. The largest absolute Gasteiger partial charge is 0.447 e. The van der Waals surface area contributed by atoms with Crippen LogP contribution in [0.15, 0.2) is 39.8 Å². The molecule has 26 heavy (non-hydrogen) atoms. The van der Waals surface area contributed by atoms with Crippen molar-refractivity contribution in [3.8, 4) is 6.07 Å². The molecule has 2 aromatic rings. The highest BCUT2D eigenvalue weighted by Crippen LogP contribution is 2.20. The van der Waals surface area contributed by atoms with Crippen molar-refractivity contribution in [3.63, 3.8) is 0 Å². The Morgan fingerprint density at radius 2 is 2.04 bits per heavy atom. The average Bonchev–Trinajstić information content (AvgIpc) is 3.05. The number of ether oxygens (including phenoxy) is 1. The second kappa shape index (κ2) is 7.57. The summed E-state index contributed by atoms with van der Waals surface area (Å²) in [6, 6.07) is 8.19. The molecule has 0 bridgehead atoms. The Bertz CT molecular complexity index is 1010. The number of nitrogens with one attached hydrogen (secondary N) is 1. The third kappa shape index (κ3) is 4.60. The number of esters is 1. The maximum atomic E-state index is 12.1. The summed E-state index contributed by atoms with van der Waals surface area (Å²) in [5.41, 5.74) is 0.545. The number of anilines is 1. The van der Waals surface area contributed by atoms with Gasteiger partial charge in [-0.05, 0) is 37.3 Å². The van der Waals surface area contributed by atoms with E-state index in [1.165, 1.54) is 25.1 Å². The molecule has 1 aromatic heterocycles. The van der Waals surface area contributed by atoms with Gasteiger partial charge in [-0.15, -0.1) is 0 Å². The zero-order valence-electron chi connectivity index (χ0n) is 13.2. The van der Waals surface area contributed by atoms with Gasteiger partial charge in [0.25, 0.3) is 15.9 Å². The molecule has 0 spiro atoms. The van der Waals surface area contributed by atoms with E-state index in [2.05, 4.69) is 5.32 Å². The van der Waals surface area contributed by atoms with Crippen LogP contribution in [0.5, 0.6) is 0 Å². The fourth-order valence-electron chi connectivity index (χ4n) is 1.78. The third-order valence-corrected chi connectivity index (χ3v) is 4.17. The van der Waals surface area contributed by atoms with E-state index < -0.39 is 38.9 Å². The van der Waals surface area contributed by atoms with E-state index in [9.17, 15) is 18.0 Å². The van der Waals surface area contributed by atoms with Gasteiger partial charge in [0.15, 0.2) is 6.10 Å². The smallest absolute Gasteiger partial charge is 0.375 e. The summed E-state index contributed by atoms with van der Waals surface area (Å²) in [4.78, 5) is 24.0. The topological polar surface area (TPSA) is 152 Å². The highest BCUT2D eigenvalue weighted by Gasteiger charge is 2.23. The maximum absolute atomic E-state index is 12.1. The summed E-state index contributed by atoms with van der Waals surface area (Å²) < 4.78 is 31.9. The second-order valence-corrected chi connectivity index (χ2v) is 6.91. The van der Waals surface area contributed by atoms with Crippen molar-refractivity contribution in [2.45, 2.75) is 18.1 Å². The molecule has 11 heteroatoms. The van der Waals surface area contributed by atoms with E-state index in [0.717, 1.165) is 12.1 Å². The summed E-state index contributed by atoms with van der Waals surface area (Å²) in [7, 11) is -4.10. The zero-order chi connectivity index (χ0) is 19.5. The van der Waals surface area contributed by atoms with Crippen molar-refractivity contribution in [3.05, 3.63) is 46.7 Å². The third-order valence-electron chi connectivity index (χ3n) is 3.07. The molecule has 1 amide bonds. The molecular weight excluding hydrogens is 386 g/mol. The lowest BCUT2D eigenvalue weighted by Crippen LogP contribution is -2.29. The number of benzene rings is 1. The van der Waals surface area contributed by atoms with Crippen LogP contribution in [0.3, 0.4) is 0 Å². The van der Waals surface area contributed by atoms with Gasteiger partial charge in [-0.2, -0.15) is 5.26 Å². The van der Waals surface area contributed by atoms with Crippen molar-refractivity contribution < 1.29 is 27.2 Å². The van der Waals surface area contributed by atoms with Crippen LogP contribution in [-0.4, -0.2) is 26.4 Å². The molecular formula is C15H12ClN3O6S. The van der Waals surface area contributed by atoms with Gasteiger partial charge in [0.1, 0.15) is 6.07 Å². The quantitative estimate of drug-likeness (QED) is 0.727.